The lowest BCUT2D eigenvalue weighted by atomic mass is 10.2. The van der Waals surface area contributed by atoms with Crippen molar-refractivity contribution in [1.29, 1.82) is 0 Å². The van der Waals surface area contributed by atoms with E-state index in [1.807, 2.05) is 0 Å². The van der Waals surface area contributed by atoms with E-state index < -0.39 is 12.0 Å². The quantitative estimate of drug-likeness (QED) is 0.858. The number of rotatable bonds is 2. The van der Waals surface area contributed by atoms with Gasteiger partial charge in [0, 0.05) is 17.1 Å². The number of anilines is 1. The molecule has 84 valence electrons. The van der Waals surface area contributed by atoms with E-state index >= 15 is 0 Å². The van der Waals surface area contributed by atoms with Crippen LogP contribution in [0.5, 0.6) is 0 Å². The van der Waals surface area contributed by atoms with Crippen molar-refractivity contribution in [2.45, 2.75) is 18.9 Å². The number of carbonyl (C=O) groups excluding carboxylic acids is 1. The van der Waals surface area contributed by atoms with Crippen molar-refractivity contribution >= 4 is 29.2 Å². The highest BCUT2D eigenvalue weighted by molar-refractivity contribution is 6.30. The van der Waals surface area contributed by atoms with Crippen LogP contribution >= 0.6 is 11.6 Å². The van der Waals surface area contributed by atoms with Crippen molar-refractivity contribution < 1.29 is 14.7 Å². The van der Waals surface area contributed by atoms with E-state index in [1.165, 1.54) is 4.90 Å². The number of carboxylic acid groups (broad SMARTS) is 1. The van der Waals surface area contributed by atoms with Gasteiger partial charge >= 0.3 is 5.97 Å². The molecule has 1 aliphatic heterocycles. The number of nitrogens with zero attached hydrogens (tertiary/aromatic N) is 1. The van der Waals surface area contributed by atoms with E-state index in [4.69, 9.17) is 16.7 Å². The van der Waals surface area contributed by atoms with Gasteiger partial charge in [-0.15, -0.1) is 0 Å². The summed E-state index contributed by atoms with van der Waals surface area (Å²) in [6.45, 7) is 0. The zero-order chi connectivity index (χ0) is 11.7. The average molecular weight is 240 g/mol. The molecule has 5 heteroatoms. The predicted molar refractivity (Wildman–Crippen MR) is 59.6 cm³/mol. The van der Waals surface area contributed by atoms with Gasteiger partial charge in [0.05, 0.1) is 0 Å². The number of carboxylic acids is 1. The first-order valence-corrected chi connectivity index (χ1v) is 5.28. The molecule has 1 N–H and O–H groups in total. The van der Waals surface area contributed by atoms with Crippen molar-refractivity contribution in [3.05, 3.63) is 29.3 Å². The maximum atomic E-state index is 11.6. The fourth-order valence-electron chi connectivity index (χ4n) is 1.84. The van der Waals surface area contributed by atoms with Crippen molar-refractivity contribution in [2.75, 3.05) is 4.90 Å². The van der Waals surface area contributed by atoms with Crippen LogP contribution in [-0.4, -0.2) is 23.0 Å². The molecule has 0 bridgehead atoms. The molecule has 4 nitrogen and oxygen atoms in total. The molecule has 1 fully saturated rings. The summed E-state index contributed by atoms with van der Waals surface area (Å²) >= 11 is 5.73. The second kappa shape index (κ2) is 4.14. The standard InChI is InChI=1S/C11H10ClNO3/c12-7-1-3-8(4-2-7)13-9(11(15)16)5-6-10(13)14/h1-4,9H,5-6H2,(H,15,16). The Hall–Kier alpha value is -1.55. The van der Waals surface area contributed by atoms with E-state index in [2.05, 4.69) is 0 Å². The summed E-state index contributed by atoms with van der Waals surface area (Å²) in [6.07, 6.45) is 0.635. The van der Waals surface area contributed by atoms with E-state index in [0.717, 1.165) is 0 Å². The summed E-state index contributed by atoms with van der Waals surface area (Å²) in [4.78, 5) is 23.9. The number of carbonyl (C=O) groups is 2. The summed E-state index contributed by atoms with van der Waals surface area (Å²) in [6, 6.07) is 5.83. The molecule has 0 radical (unpaired) electrons. The van der Waals surface area contributed by atoms with Crippen molar-refractivity contribution in [3.63, 3.8) is 0 Å². The molecule has 2 rings (SSSR count). The summed E-state index contributed by atoms with van der Waals surface area (Å²) in [5, 5.41) is 9.56. The van der Waals surface area contributed by atoms with Gasteiger partial charge in [-0.05, 0) is 30.7 Å². The molecule has 16 heavy (non-hydrogen) atoms. The van der Waals surface area contributed by atoms with Crippen molar-refractivity contribution in [2.24, 2.45) is 0 Å². The van der Waals surface area contributed by atoms with E-state index in [0.29, 0.717) is 17.1 Å². The molecular formula is C11H10ClNO3. The summed E-state index contributed by atoms with van der Waals surface area (Å²) in [7, 11) is 0. The maximum absolute atomic E-state index is 11.6. The van der Waals surface area contributed by atoms with Crippen LogP contribution in [0.2, 0.25) is 5.02 Å². The summed E-state index contributed by atoms with van der Waals surface area (Å²) < 4.78 is 0. The number of aliphatic carboxylic acids is 1. The van der Waals surface area contributed by atoms with Gasteiger partial charge < -0.3 is 5.11 Å². The molecule has 0 saturated carbocycles. The minimum Gasteiger partial charge on any atom is -0.480 e. The van der Waals surface area contributed by atoms with Crippen LogP contribution in [0.15, 0.2) is 24.3 Å². The van der Waals surface area contributed by atoms with Crippen LogP contribution in [0.3, 0.4) is 0 Å². The first-order valence-electron chi connectivity index (χ1n) is 4.90. The van der Waals surface area contributed by atoms with Gasteiger partial charge in [0.2, 0.25) is 5.91 Å². The molecule has 1 aromatic carbocycles. The fraction of sp³-hybridized carbons (Fsp3) is 0.273. The SMILES string of the molecule is O=C(O)C1CCC(=O)N1c1ccc(Cl)cc1. The highest BCUT2D eigenvalue weighted by atomic mass is 35.5. The highest BCUT2D eigenvalue weighted by Crippen LogP contribution is 2.27. The van der Waals surface area contributed by atoms with Crippen LogP contribution in [0, 0.1) is 0 Å². The third kappa shape index (κ3) is 1.88. The van der Waals surface area contributed by atoms with Gasteiger partial charge in [-0.25, -0.2) is 4.79 Å². The minimum atomic E-state index is -0.971. The number of benzene rings is 1. The van der Waals surface area contributed by atoms with Crippen molar-refractivity contribution in [1.82, 2.24) is 0 Å². The van der Waals surface area contributed by atoms with Crippen LogP contribution in [0.1, 0.15) is 12.8 Å². The van der Waals surface area contributed by atoms with Gasteiger partial charge in [0.25, 0.3) is 0 Å². The third-order valence-corrected chi connectivity index (χ3v) is 2.85. The topological polar surface area (TPSA) is 57.6 Å². The van der Waals surface area contributed by atoms with Gasteiger partial charge in [-0.3, -0.25) is 9.69 Å². The van der Waals surface area contributed by atoms with E-state index in [-0.39, 0.29) is 12.3 Å². The Morgan fingerprint density at radius 2 is 2.00 bits per heavy atom. The Morgan fingerprint density at radius 1 is 1.38 bits per heavy atom. The molecule has 1 heterocycles. The molecule has 0 aromatic heterocycles. The third-order valence-electron chi connectivity index (χ3n) is 2.60. The maximum Gasteiger partial charge on any atom is 0.326 e. The molecule has 1 amide bonds. The number of amides is 1. The highest BCUT2D eigenvalue weighted by Gasteiger charge is 2.36. The average Bonchev–Trinajstić information content (AvgIpc) is 2.62. The fourth-order valence-corrected chi connectivity index (χ4v) is 1.97. The van der Waals surface area contributed by atoms with Crippen LogP contribution in [0.25, 0.3) is 0 Å². The van der Waals surface area contributed by atoms with Gasteiger partial charge in [-0.1, -0.05) is 11.6 Å². The lowest BCUT2D eigenvalue weighted by molar-refractivity contribution is -0.138. The molecule has 1 saturated heterocycles. The smallest absolute Gasteiger partial charge is 0.326 e. The zero-order valence-corrected chi connectivity index (χ0v) is 9.15. The molecule has 0 aliphatic carbocycles. The Morgan fingerprint density at radius 3 is 2.56 bits per heavy atom. The van der Waals surface area contributed by atoms with Gasteiger partial charge in [-0.2, -0.15) is 0 Å². The number of hydrogen-bond acceptors (Lipinski definition) is 2. The lowest BCUT2D eigenvalue weighted by Gasteiger charge is -2.21. The molecule has 1 unspecified atom stereocenters. The normalized spacial score (nSPS) is 20.2. The van der Waals surface area contributed by atoms with Crippen LogP contribution in [-0.2, 0) is 9.59 Å². The Labute approximate surface area is 97.4 Å². The van der Waals surface area contributed by atoms with E-state index in [1.54, 1.807) is 24.3 Å². The second-order valence-electron chi connectivity index (χ2n) is 3.63. The second-order valence-corrected chi connectivity index (χ2v) is 4.07. The molecule has 1 atom stereocenters. The lowest BCUT2D eigenvalue weighted by Crippen LogP contribution is -2.38. The summed E-state index contributed by atoms with van der Waals surface area (Å²) in [5.74, 6) is -1.13. The Balaban J connectivity index is 2.33. The van der Waals surface area contributed by atoms with E-state index in [9.17, 15) is 9.59 Å². The summed E-state index contributed by atoms with van der Waals surface area (Å²) in [5.41, 5.74) is 0.583. The molecular weight excluding hydrogens is 230 g/mol. The zero-order valence-electron chi connectivity index (χ0n) is 8.39. The Bertz CT molecular complexity index is 429. The van der Waals surface area contributed by atoms with Crippen molar-refractivity contribution in [3.8, 4) is 0 Å². The number of hydrogen-bond donors (Lipinski definition) is 1. The van der Waals surface area contributed by atoms with Gasteiger partial charge in [0.15, 0.2) is 0 Å². The van der Waals surface area contributed by atoms with Crippen LogP contribution in [0.4, 0.5) is 5.69 Å². The Kier molecular flexibility index (Phi) is 2.83. The largest absolute Gasteiger partial charge is 0.480 e. The molecule has 0 spiro atoms. The van der Waals surface area contributed by atoms with Crippen LogP contribution < -0.4 is 4.90 Å². The number of halogens is 1. The predicted octanol–water partition coefficient (Wildman–Crippen LogP) is 1.92. The minimum absolute atomic E-state index is 0.158. The first kappa shape index (κ1) is 11.0. The monoisotopic (exact) mass is 239 g/mol. The van der Waals surface area contributed by atoms with Gasteiger partial charge in [0.1, 0.15) is 6.04 Å². The first-order chi connectivity index (χ1) is 7.59. The molecule has 1 aromatic rings. The molecule has 1 aliphatic rings.